The molecule has 0 amide bonds. The minimum Gasteiger partial charge on any atom is -0.486 e. The van der Waals surface area contributed by atoms with E-state index < -0.39 is 11.6 Å². The molecular formula is C11H12F2O2. The number of ether oxygens (including phenoxy) is 1. The molecule has 15 heavy (non-hydrogen) atoms. The largest absolute Gasteiger partial charge is 0.486 e. The molecule has 0 spiro atoms. The Hall–Kier alpha value is -1.45. The van der Waals surface area contributed by atoms with E-state index in [1.165, 1.54) is 0 Å². The van der Waals surface area contributed by atoms with Gasteiger partial charge < -0.3 is 4.74 Å². The Bertz CT molecular complexity index is 341. The predicted molar refractivity (Wildman–Crippen MR) is 51.7 cm³/mol. The van der Waals surface area contributed by atoms with Crippen LogP contribution in [-0.4, -0.2) is 12.4 Å². The van der Waals surface area contributed by atoms with Crippen LogP contribution >= 0.6 is 0 Å². The van der Waals surface area contributed by atoms with Gasteiger partial charge >= 0.3 is 0 Å². The molecule has 1 rings (SSSR count). The van der Waals surface area contributed by atoms with Gasteiger partial charge in [-0.25, -0.2) is 8.78 Å². The molecule has 0 bridgehead atoms. The number of carbonyl (C=O) groups is 1. The summed E-state index contributed by atoms with van der Waals surface area (Å²) in [6, 6.07) is 2.82. The second kappa shape index (κ2) is 4.87. The van der Waals surface area contributed by atoms with E-state index in [9.17, 15) is 13.6 Å². The molecule has 0 aromatic heterocycles. The first kappa shape index (κ1) is 11.6. The maximum absolute atomic E-state index is 12.7. The van der Waals surface area contributed by atoms with E-state index in [-0.39, 0.29) is 24.1 Å². The van der Waals surface area contributed by atoms with Crippen LogP contribution in [0.3, 0.4) is 0 Å². The number of carbonyl (C=O) groups excluding carboxylic acids is 1. The van der Waals surface area contributed by atoms with Crippen LogP contribution in [0.2, 0.25) is 0 Å². The summed E-state index contributed by atoms with van der Waals surface area (Å²) in [6.45, 7) is 3.30. The van der Waals surface area contributed by atoms with Crippen LogP contribution < -0.4 is 4.74 Å². The zero-order chi connectivity index (χ0) is 11.4. The normalized spacial score (nSPS) is 10.5. The van der Waals surface area contributed by atoms with E-state index in [1.807, 2.05) is 0 Å². The van der Waals surface area contributed by atoms with Crippen molar-refractivity contribution in [2.45, 2.75) is 13.8 Å². The van der Waals surface area contributed by atoms with Crippen molar-refractivity contribution in [2.75, 3.05) is 6.61 Å². The quantitative estimate of drug-likeness (QED) is 0.770. The van der Waals surface area contributed by atoms with Gasteiger partial charge in [0.1, 0.15) is 24.0 Å². The van der Waals surface area contributed by atoms with E-state index in [1.54, 1.807) is 13.8 Å². The molecule has 0 aliphatic carbocycles. The van der Waals surface area contributed by atoms with Gasteiger partial charge in [-0.05, 0) is 0 Å². The standard InChI is InChI=1S/C11H12F2O2/c1-7(2)11(14)6-15-10-4-8(12)3-9(13)5-10/h3-5,7H,6H2,1-2H3. The van der Waals surface area contributed by atoms with Crippen molar-refractivity contribution in [2.24, 2.45) is 5.92 Å². The zero-order valence-electron chi connectivity index (χ0n) is 8.59. The summed E-state index contributed by atoms with van der Waals surface area (Å²) in [5.74, 6) is -1.67. The van der Waals surface area contributed by atoms with Crippen molar-refractivity contribution in [3.63, 3.8) is 0 Å². The summed E-state index contributed by atoms with van der Waals surface area (Å²) < 4.78 is 30.4. The number of halogens is 2. The Morgan fingerprint density at radius 1 is 1.27 bits per heavy atom. The van der Waals surface area contributed by atoms with Gasteiger partial charge in [0, 0.05) is 24.1 Å². The van der Waals surface area contributed by atoms with E-state index in [2.05, 4.69) is 0 Å². The van der Waals surface area contributed by atoms with Crippen LogP contribution in [0, 0.1) is 17.6 Å². The molecule has 0 saturated carbocycles. The van der Waals surface area contributed by atoms with Crippen LogP contribution in [0.1, 0.15) is 13.8 Å². The maximum atomic E-state index is 12.7. The third-order valence-electron chi connectivity index (χ3n) is 1.86. The predicted octanol–water partition coefficient (Wildman–Crippen LogP) is 2.57. The average Bonchev–Trinajstić information content (AvgIpc) is 2.12. The highest BCUT2D eigenvalue weighted by atomic mass is 19.1. The number of benzene rings is 1. The number of hydrogen-bond donors (Lipinski definition) is 0. The molecule has 0 radical (unpaired) electrons. The Kier molecular flexibility index (Phi) is 3.77. The molecule has 82 valence electrons. The Morgan fingerprint density at radius 2 is 1.80 bits per heavy atom. The number of rotatable bonds is 4. The third-order valence-corrected chi connectivity index (χ3v) is 1.86. The Balaban J connectivity index is 2.61. The highest BCUT2D eigenvalue weighted by Gasteiger charge is 2.08. The second-order valence-corrected chi connectivity index (χ2v) is 3.51. The lowest BCUT2D eigenvalue weighted by molar-refractivity contribution is -0.123. The minimum absolute atomic E-state index is 0.0292. The van der Waals surface area contributed by atoms with E-state index in [0.29, 0.717) is 0 Å². The van der Waals surface area contributed by atoms with Crippen molar-refractivity contribution in [3.05, 3.63) is 29.8 Å². The highest BCUT2D eigenvalue weighted by molar-refractivity contribution is 5.81. The summed E-state index contributed by atoms with van der Waals surface area (Å²) in [5.41, 5.74) is 0. The number of Topliss-reactive ketones (excluding diaryl/α,β-unsaturated/α-hetero) is 1. The highest BCUT2D eigenvalue weighted by Crippen LogP contribution is 2.15. The smallest absolute Gasteiger partial charge is 0.172 e. The van der Waals surface area contributed by atoms with Crippen molar-refractivity contribution in [1.82, 2.24) is 0 Å². The lowest BCUT2D eigenvalue weighted by Crippen LogP contribution is -2.16. The molecule has 1 aromatic rings. The van der Waals surface area contributed by atoms with Crippen molar-refractivity contribution in [1.29, 1.82) is 0 Å². The molecule has 0 aliphatic heterocycles. The third kappa shape index (κ3) is 3.65. The SMILES string of the molecule is CC(C)C(=O)COc1cc(F)cc(F)c1. The van der Waals surface area contributed by atoms with Gasteiger partial charge in [-0.3, -0.25) is 4.79 Å². The lowest BCUT2D eigenvalue weighted by Gasteiger charge is -2.07. The van der Waals surface area contributed by atoms with Crippen LogP contribution in [-0.2, 0) is 4.79 Å². The number of hydrogen-bond acceptors (Lipinski definition) is 2. The molecule has 1 aromatic carbocycles. The van der Waals surface area contributed by atoms with Crippen LogP contribution in [0.4, 0.5) is 8.78 Å². The van der Waals surface area contributed by atoms with Crippen LogP contribution in [0.25, 0.3) is 0 Å². The molecule has 0 saturated heterocycles. The van der Waals surface area contributed by atoms with Gasteiger partial charge in [-0.2, -0.15) is 0 Å². The Morgan fingerprint density at radius 3 is 2.27 bits per heavy atom. The second-order valence-electron chi connectivity index (χ2n) is 3.51. The summed E-state index contributed by atoms with van der Waals surface area (Å²) >= 11 is 0. The van der Waals surface area contributed by atoms with E-state index in [4.69, 9.17) is 4.74 Å². The van der Waals surface area contributed by atoms with E-state index >= 15 is 0 Å². The van der Waals surface area contributed by atoms with Gasteiger partial charge in [0.2, 0.25) is 0 Å². The van der Waals surface area contributed by atoms with Crippen molar-refractivity contribution >= 4 is 5.78 Å². The lowest BCUT2D eigenvalue weighted by atomic mass is 10.1. The molecule has 0 N–H and O–H groups in total. The zero-order valence-corrected chi connectivity index (χ0v) is 8.59. The van der Waals surface area contributed by atoms with Gasteiger partial charge in [-0.1, -0.05) is 13.8 Å². The first-order valence-corrected chi connectivity index (χ1v) is 4.60. The molecule has 0 heterocycles. The molecule has 2 nitrogen and oxygen atoms in total. The fourth-order valence-corrected chi connectivity index (χ4v) is 0.933. The monoisotopic (exact) mass is 214 g/mol. The van der Waals surface area contributed by atoms with Gasteiger partial charge in [0.05, 0.1) is 0 Å². The summed E-state index contributed by atoms with van der Waals surface area (Å²) in [4.78, 5) is 11.2. The van der Waals surface area contributed by atoms with Crippen molar-refractivity contribution < 1.29 is 18.3 Å². The average molecular weight is 214 g/mol. The van der Waals surface area contributed by atoms with E-state index in [0.717, 1.165) is 18.2 Å². The minimum atomic E-state index is -0.720. The first-order valence-electron chi connectivity index (χ1n) is 4.60. The fourth-order valence-electron chi connectivity index (χ4n) is 0.933. The maximum Gasteiger partial charge on any atom is 0.172 e. The van der Waals surface area contributed by atoms with Crippen molar-refractivity contribution in [3.8, 4) is 5.75 Å². The molecule has 0 aliphatic rings. The molecule has 4 heteroatoms. The first-order chi connectivity index (χ1) is 6.99. The fraction of sp³-hybridized carbons (Fsp3) is 0.364. The van der Waals surface area contributed by atoms with Gasteiger partial charge in [0.25, 0.3) is 0 Å². The van der Waals surface area contributed by atoms with Gasteiger partial charge in [0.15, 0.2) is 5.78 Å². The summed E-state index contributed by atoms with van der Waals surface area (Å²) in [7, 11) is 0. The topological polar surface area (TPSA) is 26.3 Å². The van der Waals surface area contributed by atoms with Crippen LogP contribution in [0.15, 0.2) is 18.2 Å². The Labute approximate surface area is 86.9 Å². The molecular weight excluding hydrogens is 202 g/mol. The molecule has 0 fully saturated rings. The van der Waals surface area contributed by atoms with Gasteiger partial charge in [-0.15, -0.1) is 0 Å². The molecule has 0 atom stereocenters. The molecule has 0 unspecified atom stereocenters. The summed E-state index contributed by atoms with van der Waals surface area (Å²) in [5, 5.41) is 0. The number of ketones is 1. The van der Waals surface area contributed by atoms with Crippen LogP contribution in [0.5, 0.6) is 5.75 Å². The summed E-state index contributed by atoms with van der Waals surface area (Å²) in [6.07, 6.45) is 0.